The third-order valence-corrected chi connectivity index (χ3v) is 6.14. The van der Waals surface area contributed by atoms with Crippen molar-refractivity contribution in [3.63, 3.8) is 0 Å². The number of hydrogen-bond acceptors (Lipinski definition) is 3. The highest BCUT2D eigenvalue weighted by atomic mass is 35.5. The highest BCUT2D eigenvalue weighted by molar-refractivity contribution is 6.35. The van der Waals surface area contributed by atoms with Crippen LogP contribution < -0.4 is 0 Å². The molecule has 1 fully saturated rings. The molecule has 0 amide bonds. The van der Waals surface area contributed by atoms with Gasteiger partial charge >= 0.3 is 0 Å². The summed E-state index contributed by atoms with van der Waals surface area (Å²) in [5.41, 5.74) is 0.812. The molecule has 0 aliphatic heterocycles. The van der Waals surface area contributed by atoms with E-state index in [2.05, 4.69) is 0 Å². The highest BCUT2D eigenvalue weighted by Gasteiger charge is 2.47. The normalized spacial score (nSPS) is 24.6. The van der Waals surface area contributed by atoms with Crippen LogP contribution in [0.1, 0.15) is 55.1 Å². The summed E-state index contributed by atoms with van der Waals surface area (Å²) in [6, 6.07) is 5.35. The molecule has 2 unspecified atom stereocenters. The molecule has 1 N–H and O–H groups in total. The first-order valence-electron chi connectivity index (χ1n) is 9.58. The lowest BCUT2D eigenvalue weighted by atomic mass is 9.74. The van der Waals surface area contributed by atoms with E-state index in [1.165, 1.54) is 6.92 Å². The molecule has 7 heteroatoms. The SMILES string of the molecule is COCCc1cc(C(=O)CCC2(O)CCC(F)(F)C(C)C2)c2c(Cl)cccn12. The quantitative estimate of drug-likeness (QED) is 0.655. The van der Waals surface area contributed by atoms with Crippen LogP contribution in [-0.4, -0.2) is 40.5 Å². The molecule has 28 heavy (non-hydrogen) atoms. The van der Waals surface area contributed by atoms with Crippen LogP contribution in [0.2, 0.25) is 5.02 Å². The van der Waals surface area contributed by atoms with Gasteiger partial charge in [0, 0.05) is 49.7 Å². The molecular weight excluding hydrogens is 388 g/mol. The number of fused-ring (bicyclic) bond motifs is 1. The van der Waals surface area contributed by atoms with Crippen LogP contribution >= 0.6 is 11.6 Å². The van der Waals surface area contributed by atoms with Crippen LogP contribution in [0, 0.1) is 5.92 Å². The Morgan fingerprint density at radius 2 is 2.18 bits per heavy atom. The largest absolute Gasteiger partial charge is 0.390 e. The van der Waals surface area contributed by atoms with Crippen molar-refractivity contribution in [2.45, 2.75) is 57.0 Å². The van der Waals surface area contributed by atoms with Crippen LogP contribution in [0.5, 0.6) is 0 Å². The standard InChI is InChI=1S/C21H26ClF2NO3/c1-14-13-20(27,8-9-21(14,23)24)7-5-18(26)16-12-15(6-11-28-2)25-10-3-4-17(22)19(16)25/h3-4,10,12,14,27H,5-9,11,13H2,1-2H3. The third-order valence-electron chi connectivity index (χ3n) is 5.83. The first-order valence-corrected chi connectivity index (χ1v) is 9.95. The second-order valence-electron chi connectivity index (χ2n) is 7.88. The molecule has 2 atom stereocenters. The van der Waals surface area contributed by atoms with Gasteiger partial charge in [-0.05, 0) is 37.5 Å². The molecular formula is C21H26ClF2NO3. The molecule has 1 saturated carbocycles. The Hall–Kier alpha value is -1.50. The van der Waals surface area contributed by atoms with Crippen LogP contribution in [0.4, 0.5) is 8.78 Å². The van der Waals surface area contributed by atoms with E-state index in [0.29, 0.717) is 29.1 Å². The molecule has 0 saturated heterocycles. The smallest absolute Gasteiger partial charge is 0.250 e. The lowest BCUT2D eigenvalue weighted by Gasteiger charge is -2.40. The van der Waals surface area contributed by atoms with E-state index in [9.17, 15) is 18.7 Å². The molecule has 0 aromatic carbocycles. The predicted octanol–water partition coefficient (Wildman–Crippen LogP) is 4.93. The van der Waals surface area contributed by atoms with Gasteiger partial charge in [0.2, 0.25) is 0 Å². The van der Waals surface area contributed by atoms with Crippen LogP contribution in [0.15, 0.2) is 24.4 Å². The number of carbonyl (C=O) groups is 1. The number of hydrogen-bond donors (Lipinski definition) is 1. The number of methoxy groups -OCH3 is 1. The van der Waals surface area contributed by atoms with Gasteiger partial charge in [0.1, 0.15) is 0 Å². The van der Waals surface area contributed by atoms with Crippen molar-refractivity contribution in [3.05, 3.63) is 40.7 Å². The van der Waals surface area contributed by atoms with Gasteiger partial charge in [-0.15, -0.1) is 0 Å². The Labute approximate surface area is 168 Å². The third kappa shape index (κ3) is 4.24. The maximum absolute atomic E-state index is 13.7. The molecule has 0 radical (unpaired) electrons. The number of pyridine rings is 1. The van der Waals surface area contributed by atoms with Gasteiger partial charge in [0.25, 0.3) is 5.92 Å². The predicted molar refractivity (Wildman–Crippen MR) is 104 cm³/mol. The minimum Gasteiger partial charge on any atom is -0.390 e. The zero-order chi connectivity index (χ0) is 20.5. The fourth-order valence-corrected chi connectivity index (χ4v) is 4.34. The molecule has 1 aliphatic carbocycles. The number of nitrogens with zero attached hydrogens (tertiary/aromatic N) is 1. The molecule has 1 aliphatic rings. The van der Waals surface area contributed by atoms with Crippen molar-refractivity contribution in [2.24, 2.45) is 5.92 Å². The van der Waals surface area contributed by atoms with E-state index < -0.39 is 17.4 Å². The number of rotatable bonds is 7. The van der Waals surface area contributed by atoms with Crippen molar-refractivity contribution in [3.8, 4) is 0 Å². The van der Waals surface area contributed by atoms with Crippen molar-refractivity contribution < 1.29 is 23.4 Å². The Morgan fingerprint density at radius 1 is 1.43 bits per heavy atom. The number of aliphatic hydroxyl groups is 1. The zero-order valence-electron chi connectivity index (χ0n) is 16.2. The summed E-state index contributed by atoms with van der Waals surface area (Å²) in [6.07, 6.45) is 2.40. The van der Waals surface area contributed by atoms with E-state index in [-0.39, 0.29) is 37.9 Å². The summed E-state index contributed by atoms with van der Waals surface area (Å²) in [7, 11) is 1.62. The van der Waals surface area contributed by atoms with Crippen molar-refractivity contribution in [2.75, 3.05) is 13.7 Å². The Bertz CT molecular complexity index is 867. The van der Waals surface area contributed by atoms with Crippen LogP contribution in [0.25, 0.3) is 5.52 Å². The summed E-state index contributed by atoms with van der Waals surface area (Å²) < 4.78 is 34.5. The van der Waals surface area contributed by atoms with Gasteiger partial charge in [-0.1, -0.05) is 18.5 Å². The molecule has 0 bridgehead atoms. The fraction of sp³-hybridized carbons (Fsp3) is 0.571. The van der Waals surface area contributed by atoms with Gasteiger partial charge in [0.05, 0.1) is 22.7 Å². The monoisotopic (exact) mass is 413 g/mol. The van der Waals surface area contributed by atoms with Crippen molar-refractivity contribution in [1.82, 2.24) is 4.40 Å². The van der Waals surface area contributed by atoms with E-state index in [0.717, 1.165) is 5.69 Å². The molecule has 0 spiro atoms. The number of ketones is 1. The van der Waals surface area contributed by atoms with Crippen LogP contribution in [-0.2, 0) is 11.2 Å². The van der Waals surface area contributed by atoms with Crippen molar-refractivity contribution >= 4 is 22.9 Å². The highest BCUT2D eigenvalue weighted by Crippen LogP contribution is 2.44. The number of alkyl halides is 2. The van der Waals surface area contributed by atoms with Gasteiger partial charge < -0.3 is 14.2 Å². The number of Topliss-reactive ketones (excluding diaryl/α,β-unsaturated/α-hetero) is 1. The Kier molecular flexibility index (Phi) is 6.13. The van der Waals surface area contributed by atoms with Crippen molar-refractivity contribution in [1.29, 1.82) is 0 Å². The summed E-state index contributed by atoms with van der Waals surface area (Å²) >= 11 is 6.34. The molecule has 3 rings (SSSR count). The van der Waals surface area contributed by atoms with E-state index in [1.54, 1.807) is 13.2 Å². The molecule has 2 aromatic heterocycles. The molecule has 2 heterocycles. The minimum atomic E-state index is -2.75. The maximum atomic E-state index is 13.7. The summed E-state index contributed by atoms with van der Waals surface area (Å²) in [6.45, 7) is 1.97. The second-order valence-corrected chi connectivity index (χ2v) is 8.29. The number of ether oxygens (including phenoxy) is 1. The first-order chi connectivity index (χ1) is 13.2. The maximum Gasteiger partial charge on any atom is 0.250 e. The van der Waals surface area contributed by atoms with E-state index in [1.807, 2.05) is 22.7 Å². The number of carbonyl (C=O) groups excluding carboxylic acids is 1. The van der Waals surface area contributed by atoms with E-state index >= 15 is 0 Å². The Morgan fingerprint density at radius 3 is 2.86 bits per heavy atom. The van der Waals surface area contributed by atoms with Gasteiger partial charge in [-0.25, -0.2) is 8.78 Å². The fourth-order valence-electron chi connectivity index (χ4n) is 4.07. The number of aromatic nitrogens is 1. The lowest BCUT2D eigenvalue weighted by molar-refractivity contribution is -0.142. The minimum absolute atomic E-state index is 0.00361. The molecule has 154 valence electrons. The average Bonchev–Trinajstić information content (AvgIpc) is 3.02. The topological polar surface area (TPSA) is 50.9 Å². The van der Waals surface area contributed by atoms with Gasteiger partial charge in [-0.3, -0.25) is 4.79 Å². The Balaban J connectivity index is 1.78. The second kappa shape index (κ2) is 8.09. The summed E-state index contributed by atoms with van der Waals surface area (Å²) in [5.74, 6) is -3.79. The zero-order valence-corrected chi connectivity index (χ0v) is 16.9. The average molecular weight is 414 g/mol. The summed E-state index contributed by atoms with van der Waals surface area (Å²) in [4.78, 5) is 12.9. The summed E-state index contributed by atoms with van der Waals surface area (Å²) in [5, 5.41) is 11.2. The van der Waals surface area contributed by atoms with Crippen LogP contribution in [0.3, 0.4) is 0 Å². The first kappa shape index (κ1) is 21.2. The van der Waals surface area contributed by atoms with Gasteiger partial charge in [0.15, 0.2) is 5.78 Å². The van der Waals surface area contributed by atoms with E-state index in [4.69, 9.17) is 16.3 Å². The molecule has 2 aromatic rings. The molecule has 4 nitrogen and oxygen atoms in total. The van der Waals surface area contributed by atoms with Gasteiger partial charge in [-0.2, -0.15) is 0 Å². The lowest BCUT2D eigenvalue weighted by Crippen LogP contribution is -2.44. The number of halogens is 3.